The van der Waals surface area contributed by atoms with E-state index in [0.29, 0.717) is 11.4 Å². The lowest BCUT2D eigenvalue weighted by Gasteiger charge is -2.21. The Morgan fingerprint density at radius 2 is 1.92 bits per heavy atom. The topological polar surface area (TPSA) is 97.3 Å². The number of methoxy groups -OCH3 is 1. The third-order valence-electron chi connectivity index (χ3n) is 4.29. The molecule has 2 aromatic rings. The number of aromatic nitrogens is 2. The summed E-state index contributed by atoms with van der Waals surface area (Å²) in [6.07, 6.45) is 4.89. The molecule has 0 aliphatic carbocycles. The predicted molar refractivity (Wildman–Crippen MR) is 98.1 cm³/mol. The van der Waals surface area contributed by atoms with E-state index in [1.165, 1.54) is 4.68 Å². The van der Waals surface area contributed by atoms with E-state index in [4.69, 9.17) is 4.74 Å². The van der Waals surface area contributed by atoms with Crippen molar-refractivity contribution in [1.82, 2.24) is 15.1 Å². The predicted octanol–water partition coefficient (Wildman–Crippen LogP) is 1.47. The molecule has 1 aromatic heterocycles. The van der Waals surface area contributed by atoms with E-state index in [1.807, 2.05) is 0 Å². The number of hydrogen-bond donors (Lipinski definition) is 3. The Kier molecular flexibility index (Phi) is 5.85. The van der Waals surface area contributed by atoms with Crippen molar-refractivity contribution < 1.29 is 14.3 Å². The Bertz CT molecular complexity index is 750. The third-order valence-corrected chi connectivity index (χ3v) is 4.29. The molecule has 1 fully saturated rings. The molecule has 0 unspecified atom stereocenters. The zero-order valence-electron chi connectivity index (χ0n) is 14.7. The van der Waals surface area contributed by atoms with Crippen LogP contribution in [0.4, 0.5) is 11.4 Å². The highest BCUT2D eigenvalue weighted by Crippen LogP contribution is 2.16. The van der Waals surface area contributed by atoms with Gasteiger partial charge in [0.25, 0.3) is 0 Å². The van der Waals surface area contributed by atoms with Crippen molar-refractivity contribution in [1.29, 1.82) is 0 Å². The van der Waals surface area contributed by atoms with Gasteiger partial charge in [-0.2, -0.15) is 5.10 Å². The zero-order valence-corrected chi connectivity index (χ0v) is 14.7. The first-order valence-electron chi connectivity index (χ1n) is 8.62. The molecule has 1 aliphatic rings. The fraction of sp³-hybridized carbons (Fsp3) is 0.389. The van der Waals surface area contributed by atoms with Gasteiger partial charge in [0.15, 0.2) is 0 Å². The van der Waals surface area contributed by atoms with Gasteiger partial charge in [0.1, 0.15) is 12.3 Å². The number of amides is 2. The van der Waals surface area contributed by atoms with Gasteiger partial charge in [0.2, 0.25) is 11.8 Å². The van der Waals surface area contributed by atoms with E-state index in [2.05, 4.69) is 21.0 Å². The first-order valence-corrected chi connectivity index (χ1v) is 8.62. The molecule has 2 heterocycles. The van der Waals surface area contributed by atoms with Gasteiger partial charge in [0, 0.05) is 17.8 Å². The summed E-state index contributed by atoms with van der Waals surface area (Å²) in [5.41, 5.74) is 1.29. The molecule has 8 heteroatoms. The molecule has 138 valence electrons. The van der Waals surface area contributed by atoms with Gasteiger partial charge in [0.05, 0.1) is 19.0 Å². The lowest BCUT2D eigenvalue weighted by atomic mass is 9.97. The summed E-state index contributed by atoms with van der Waals surface area (Å²) in [5, 5.41) is 13.0. The normalized spacial score (nSPS) is 14.7. The standard InChI is InChI=1S/C18H23N5O3/c1-26-16-4-2-14(3-5-16)21-17(24)12-23-11-15(10-20-23)22-18(25)13-6-8-19-9-7-13/h2-5,10-11,13,19H,6-9,12H2,1H3,(H,21,24)(H,22,25). The van der Waals surface area contributed by atoms with Crippen LogP contribution in [0.1, 0.15) is 12.8 Å². The number of nitrogens with one attached hydrogen (secondary N) is 3. The van der Waals surface area contributed by atoms with E-state index in [0.717, 1.165) is 31.7 Å². The van der Waals surface area contributed by atoms with Crippen molar-refractivity contribution in [2.75, 3.05) is 30.8 Å². The van der Waals surface area contributed by atoms with Crippen molar-refractivity contribution >= 4 is 23.2 Å². The van der Waals surface area contributed by atoms with Crippen LogP contribution in [0, 0.1) is 5.92 Å². The van der Waals surface area contributed by atoms with Crippen LogP contribution in [0.15, 0.2) is 36.7 Å². The maximum atomic E-state index is 12.2. The summed E-state index contributed by atoms with van der Waals surface area (Å²) >= 11 is 0. The first kappa shape index (κ1) is 17.9. The molecule has 3 N–H and O–H groups in total. The minimum Gasteiger partial charge on any atom is -0.497 e. The molecule has 1 aromatic carbocycles. The van der Waals surface area contributed by atoms with Crippen LogP contribution in [0.3, 0.4) is 0 Å². The molecule has 0 saturated carbocycles. The van der Waals surface area contributed by atoms with E-state index < -0.39 is 0 Å². The Labute approximate surface area is 151 Å². The van der Waals surface area contributed by atoms with E-state index in [9.17, 15) is 9.59 Å². The SMILES string of the molecule is COc1ccc(NC(=O)Cn2cc(NC(=O)C3CCNCC3)cn2)cc1. The van der Waals surface area contributed by atoms with Crippen LogP contribution >= 0.6 is 0 Å². The molecule has 3 rings (SSSR count). The third kappa shape index (κ3) is 4.82. The maximum absolute atomic E-state index is 12.2. The molecule has 1 saturated heterocycles. The highest BCUT2D eigenvalue weighted by molar-refractivity contribution is 5.93. The fourth-order valence-corrected chi connectivity index (χ4v) is 2.87. The van der Waals surface area contributed by atoms with Gasteiger partial charge < -0.3 is 20.7 Å². The number of carbonyl (C=O) groups is 2. The fourth-order valence-electron chi connectivity index (χ4n) is 2.87. The average Bonchev–Trinajstić information content (AvgIpc) is 3.09. The number of rotatable bonds is 6. The number of anilines is 2. The second kappa shape index (κ2) is 8.48. The highest BCUT2D eigenvalue weighted by atomic mass is 16.5. The highest BCUT2D eigenvalue weighted by Gasteiger charge is 2.21. The van der Waals surface area contributed by atoms with Crippen LogP contribution in [0.2, 0.25) is 0 Å². The summed E-state index contributed by atoms with van der Waals surface area (Å²) in [5.74, 6) is 0.561. The largest absolute Gasteiger partial charge is 0.497 e. The quantitative estimate of drug-likeness (QED) is 0.727. The summed E-state index contributed by atoms with van der Waals surface area (Å²) in [6.45, 7) is 1.79. The number of benzene rings is 1. The summed E-state index contributed by atoms with van der Waals surface area (Å²) in [6, 6.07) is 7.09. The van der Waals surface area contributed by atoms with Crippen molar-refractivity contribution in [3.8, 4) is 5.75 Å². The maximum Gasteiger partial charge on any atom is 0.246 e. The lowest BCUT2D eigenvalue weighted by molar-refractivity contribution is -0.120. The van der Waals surface area contributed by atoms with Gasteiger partial charge in [-0.05, 0) is 50.2 Å². The van der Waals surface area contributed by atoms with E-state index in [-0.39, 0.29) is 24.3 Å². The zero-order chi connectivity index (χ0) is 18.4. The number of piperidine rings is 1. The summed E-state index contributed by atoms with van der Waals surface area (Å²) in [7, 11) is 1.59. The Hall–Kier alpha value is -2.87. The number of carbonyl (C=O) groups excluding carboxylic acids is 2. The van der Waals surface area contributed by atoms with E-state index >= 15 is 0 Å². The van der Waals surface area contributed by atoms with Gasteiger partial charge in [-0.1, -0.05) is 0 Å². The van der Waals surface area contributed by atoms with Crippen molar-refractivity contribution in [2.45, 2.75) is 19.4 Å². The van der Waals surface area contributed by atoms with E-state index in [1.54, 1.807) is 43.8 Å². The van der Waals surface area contributed by atoms with Gasteiger partial charge in [-0.3, -0.25) is 14.3 Å². The molecule has 8 nitrogen and oxygen atoms in total. The van der Waals surface area contributed by atoms with Gasteiger partial charge in [-0.25, -0.2) is 0 Å². The van der Waals surface area contributed by atoms with Crippen LogP contribution in [-0.2, 0) is 16.1 Å². The second-order valence-corrected chi connectivity index (χ2v) is 6.22. The summed E-state index contributed by atoms with van der Waals surface area (Å²) < 4.78 is 6.58. The van der Waals surface area contributed by atoms with Crippen molar-refractivity contribution in [3.05, 3.63) is 36.7 Å². The smallest absolute Gasteiger partial charge is 0.246 e. The summed E-state index contributed by atoms with van der Waals surface area (Å²) in [4.78, 5) is 24.3. The minimum atomic E-state index is -0.200. The monoisotopic (exact) mass is 357 g/mol. The first-order chi connectivity index (χ1) is 12.6. The van der Waals surface area contributed by atoms with Gasteiger partial charge in [-0.15, -0.1) is 0 Å². The van der Waals surface area contributed by atoms with Crippen LogP contribution < -0.4 is 20.7 Å². The average molecular weight is 357 g/mol. The van der Waals surface area contributed by atoms with Gasteiger partial charge >= 0.3 is 0 Å². The number of nitrogens with zero attached hydrogens (tertiary/aromatic N) is 2. The van der Waals surface area contributed by atoms with Crippen LogP contribution in [0.25, 0.3) is 0 Å². The molecule has 0 radical (unpaired) electrons. The second-order valence-electron chi connectivity index (χ2n) is 6.22. The molecular weight excluding hydrogens is 334 g/mol. The Morgan fingerprint density at radius 1 is 1.19 bits per heavy atom. The van der Waals surface area contributed by atoms with Crippen molar-refractivity contribution in [2.24, 2.45) is 5.92 Å². The number of ether oxygens (including phenoxy) is 1. The molecule has 0 bridgehead atoms. The van der Waals surface area contributed by atoms with Crippen molar-refractivity contribution in [3.63, 3.8) is 0 Å². The number of hydrogen-bond acceptors (Lipinski definition) is 5. The molecule has 0 atom stereocenters. The molecule has 1 aliphatic heterocycles. The Morgan fingerprint density at radius 3 is 2.62 bits per heavy atom. The minimum absolute atomic E-state index is 0.00809. The van der Waals surface area contributed by atoms with Crippen LogP contribution in [-0.4, -0.2) is 41.8 Å². The molecule has 2 amide bonds. The molecular formula is C18H23N5O3. The Balaban J connectivity index is 1.50. The lowest BCUT2D eigenvalue weighted by Crippen LogP contribution is -2.34. The van der Waals surface area contributed by atoms with Crippen LogP contribution in [0.5, 0.6) is 5.75 Å². The molecule has 26 heavy (non-hydrogen) atoms. The molecule has 0 spiro atoms.